The van der Waals surface area contributed by atoms with Gasteiger partial charge in [-0.05, 0) is 62.6 Å². The molecule has 1 atom stereocenters. The average Bonchev–Trinajstić information content (AvgIpc) is 2.67. The summed E-state index contributed by atoms with van der Waals surface area (Å²) in [5.41, 5.74) is 1.03. The van der Waals surface area contributed by atoms with Gasteiger partial charge in [0, 0.05) is 31.5 Å². The minimum atomic E-state index is -0.240. The molecule has 0 bridgehead atoms. The van der Waals surface area contributed by atoms with E-state index in [4.69, 9.17) is 0 Å². The smallest absolute Gasteiger partial charge is 0.226 e. The molecule has 2 heterocycles. The summed E-state index contributed by atoms with van der Waals surface area (Å²) in [7, 11) is 0. The number of hydrogen-bond donors (Lipinski definition) is 0. The number of halogens is 1. The second-order valence-corrected chi connectivity index (χ2v) is 8.32. The molecule has 3 aliphatic rings. The van der Waals surface area contributed by atoms with Gasteiger partial charge in [0.05, 0.1) is 6.04 Å². The minimum absolute atomic E-state index is 0.0106. The summed E-state index contributed by atoms with van der Waals surface area (Å²) < 4.78 is 13.3. The Balaban J connectivity index is 1.39. The fraction of sp³-hybridized carbons (Fsp3) is 0.636. The maximum Gasteiger partial charge on any atom is 0.226 e. The zero-order valence-electron chi connectivity index (χ0n) is 15.9. The van der Waals surface area contributed by atoms with Crippen molar-refractivity contribution in [2.45, 2.75) is 57.4 Å². The Kier molecular flexibility index (Phi) is 5.46. The van der Waals surface area contributed by atoms with Crippen LogP contribution < -0.4 is 0 Å². The molecule has 1 aliphatic carbocycles. The van der Waals surface area contributed by atoms with Crippen molar-refractivity contribution < 1.29 is 14.0 Å². The molecule has 0 N–H and O–H groups in total. The molecule has 1 aromatic rings. The summed E-state index contributed by atoms with van der Waals surface area (Å²) in [5, 5.41) is 0. The molecule has 146 valence electrons. The monoisotopic (exact) mass is 372 g/mol. The van der Waals surface area contributed by atoms with Crippen LogP contribution >= 0.6 is 0 Å². The number of piperidine rings is 2. The highest BCUT2D eigenvalue weighted by Gasteiger charge is 2.36. The Labute approximate surface area is 160 Å². The minimum Gasteiger partial charge on any atom is -0.342 e. The van der Waals surface area contributed by atoms with Crippen molar-refractivity contribution in [1.29, 1.82) is 0 Å². The fourth-order valence-corrected chi connectivity index (χ4v) is 4.72. The van der Waals surface area contributed by atoms with E-state index in [0.717, 1.165) is 57.1 Å². The summed E-state index contributed by atoms with van der Waals surface area (Å²) in [6.45, 7) is 2.20. The van der Waals surface area contributed by atoms with Crippen molar-refractivity contribution in [1.82, 2.24) is 9.80 Å². The van der Waals surface area contributed by atoms with Gasteiger partial charge in [0.25, 0.3) is 0 Å². The first-order valence-corrected chi connectivity index (χ1v) is 10.5. The fourth-order valence-electron chi connectivity index (χ4n) is 4.72. The zero-order valence-corrected chi connectivity index (χ0v) is 15.9. The number of nitrogens with zero attached hydrogens (tertiary/aromatic N) is 2. The predicted octanol–water partition coefficient (Wildman–Crippen LogP) is 3.92. The van der Waals surface area contributed by atoms with Crippen molar-refractivity contribution >= 4 is 11.8 Å². The third kappa shape index (κ3) is 3.87. The maximum atomic E-state index is 13.3. The van der Waals surface area contributed by atoms with Crippen LogP contribution in [0.4, 0.5) is 4.39 Å². The largest absolute Gasteiger partial charge is 0.342 e. The highest BCUT2D eigenvalue weighted by atomic mass is 19.1. The molecule has 1 aromatic carbocycles. The van der Waals surface area contributed by atoms with E-state index in [-0.39, 0.29) is 29.6 Å². The van der Waals surface area contributed by atoms with Gasteiger partial charge in [0.1, 0.15) is 5.82 Å². The topological polar surface area (TPSA) is 40.6 Å². The molecular formula is C22H29FN2O2. The predicted molar refractivity (Wildman–Crippen MR) is 101 cm³/mol. The van der Waals surface area contributed by atoms with Gasteiger partial charge in [-0.1, -0.05) is 18.6 Å². The van der Waals surface area contributed by atoms with Crippen LogP contribution in [-0.4, -0.2) is 41.2 Å². The van der Waals surface area contributed by atoms with Crippen molar-refractivity contribution in [3.05, 3.63) is 35.6 Å². The van der Waals surface area contributed by atoms with Crippen molar-refractivity contribution in [3.63, 3.8) is 0 Å². The summed E-state index contributed by atoms with van der Waals surface area (Å²) in [6, 6.07) is 6.65. The number of carbonyl (C=O) groups is 2. The number of likely N-dealkylation sites (tertiary alicyclic amines) is 2. The second-order valence-electron chi connectivity index (χ2n) is 8.32. The molecule has 2 aliphatic heterocycles. The van der Waals surface area contributed by atoms with Crippen LogP contribution in [-0.2, 0) is 9.59 Å². The Morgan fingerprint density at radius 2 is 1.44 bits per heavy atom. The van der Waals surface area contributed by atoms with Gasteiger partial charge in [-0.25, -0.2) is 4.39 Å². The van der Waals surface area contributed by atoms with Gasteiger partial charge in [-0.15, -0.1) is 0 Å². The molecule has 2 amide bonds. The molecule has 0 unspecified atom stereocenters. The Bertz CT molecular complexity index is 678. The van der Waals surface area contributed by atoms with E-state index in [2.05, 4.69) is 0 Å². The van der Waals surface area contributed by atoms with Crippen LogP contribution in [0.3, 0.4) is 0 Å². The van der Waals surface area contributed by atoms with E-state index in [1.54, 1.807) is 0 Å². The first-order valence-electron chi connectivity index (χ1n) is 10.5. The molecule has 4 nitrogen and oxygen atoms in total. The average molecular weight is 372 g/mol. The molecular weight excluding hydrogens is 343 g/mol. The standard InChI is InChI=1S/C22H29FN2O2/c23-19-9-7-16(8-10-19)20-6-1-2-13-25(20)22(27)18-11-14-24(15-12-18)21(26)17-4-3-5-17/h7-10,17-18,20H,1-6,11-15H2/t20-/m1/s1. The van der Waals surface area contributed by atoms with Gasteiger partial charge >= 0.3 is 0 Å². The lowest BCUT2D eigenvalue weighted by Gasteiger charge is -2.41. The highest BCUT2D eigenvalue weighted by molar-refractivity contribution is 5.82. The molecule has 5 heteroatoms. The summed E-state index contributed by atoms with van der Waals surface area (Å²) >= 11 is 0. The van der Waals surface area contributed by atoms with Gasteiger partial charge in [0.15, 0.2) is 0 Å². The Morgan fingerprint density at radius 3 is 2.07 bits per heavy atom. The third-order valence-corrected chi connectivity index (χ3v) is 6.65. The molecule has 0 radical (unpaired) electrons. The molecule has 0 aromatic heterocycles. The van der Waals surface area contributed by atoms with Crippen LogP contribution in [0.1, 0.15) is 63.0 Å². The molecule has 4 rings (SSSR count). The Hall–Kier alpha value is -1.91. The lowest BCUT2D eigenvalue weighted by molar-refractivity contribution is -0.146. The SMILES string of the molecule is O=C(C1CCC1)N1CCC(C(=O)N2CCCC[C@@H]2c2ccc(F)cc2)CC1. The first-order chi connectivity index (χ1) is 13.1. The molecule has 0 spiro atoms. The van der Waals surface area contributed by atoms with Gasteiger partial charge in [0.2, 0.25) is 11.8 Å². The normalized spacial score (nSPS) is 24.6. The van der Waals surface area contributed by atoms with E-state index in [0.29, 0.717) is 19.0 Å². The van der Waals surface area contributed by atoms with Crippen molar-refractivity contribution in [3.8, 4) is 0 Å². The van der Waals surface area contributed by atoms with Crippen molar-refractivity contribution in [2.75, 3.05) is 19.6 Å². The van der Waals surface area contributed by atoms with E-state index in [9.17, 15) is 14.0 Å². The quantitative estimate of drug-likeness (QED) is 0.807. The van der Waals surface area contributed by atoms with Gasteiger partial charge < -0.3 is 9.80 Å². The zero-order chi connectivity index (χ0) is 18.8. The van der Waals surface area contributed by atoms with E-state index >= 15 is 0 Å². The van der Waals surface area contributed by atoms with Gasteiger partial charge in [-0.3, -0.25) is 9.59 Å². The molecule has 1 saturated carbocycles. The van der Waals surface area contributed by atoms with E-state index in [1.165, 1.54) is 18.6 Å². The maximum absolute atomic E-state index is 13.3. The molecule has 3 fully saturated rings. The van der Waals surface area contributed by atoms with E-state index in [1.807, 2.05) is 21.9 Å². The Morgan fingerprint density at radius 1 is 0.778 bits per heavy atom. The number of carbonyl (C=O) groups excluding carboxylic acids is 2. The number of hydrogen-bond acceptors (Lipinski definition) is 2. The highest BCUT2D eigenvalue weighted by Crippen LogP contribution is 2.35. The second kappa shape index (κ2) is 7.99. The summed E-state index contributed by atoms with van der Waals surface area (Å²) in [6.07, 6.45) is 7.84. The van der Waals surface area contributed by atoms with Crippen LogP contribution in [0.2, 0.25) is 0 Å². The van der Waals surface area contributed by atoms with Crippen molar-refractivity contribution in [2.24, 2.45) is 11.8 Å². The first kappa shape index (κ1) is 18.5. The van der Waals surface area contributed by atoms with Crippen LogP contribution in [0.5, 0.6) is 0 Å². The van der Waals surface area contributed by atoms with Gasteiger partial charge in [-0.2, -0.15) is 0 Å². The lowest BCUT2D eigenvalue weighted by Crippen LogP contribution is -2.48. The molecule has 2 saturated heterocycles. The van der Waals surface area contributed by atoms with E-state index < -0.39 is 0 Å². The molecule has 27 heavy (non-hydrogen) atoms. The number of amides is 2. The number of benzene rings is 1. The number of rotatable bonds is 3. The third-order valence-electron chi connectivity index (χ3n) is 6.65. The summed E-state index contributed by atoms with van der Waals surface area (Å²) in [5.74, 6) is 0.531. The van der Waals surface area contributed by atoms with Crippen LogP contribution in [0.15, 0.2) is 24.3 Å². The van der Waals surface area contributed by atoms with Crippen LogP contribution in [0.25, 0.3) is 0 Å². The summed E-state index contributed by atoms with van der Waals surface area (Å²) in [4.78, 5) is 29.6. The lowest BCUT2D eigenvalue weighted by atomic mass is 9.83. The van der Waals surface area contributed by atoms with Crippen LogP contribution in [0, 0.1) is 17.7 Å².